The summed E-state index contributed by atoms with van der Waals surface area (Å²) in [4.78, 5) is 0. The van der Waals surface area contributed by atoms with Crippen molar-refractivity contribution in [3.63, 3.8) is 0 Å². The Balaban J connectivity index is 0.000000209. The van der Waals surface area contributed by atoms with Crippen LogP contribution in [0.15, 0.2) is 30.3 Å². The fourth-order valence-electron chi connectivity index (χ4n) is 0.631. The summed E-state index contributed by atoms with van der Waals surface area (Å²) in [6.45, 7) is 4.32. The third-order valence-electron chi connectivity index (χ3n) is 1.44. The minimum absolute atomic E-state index is 0. The quantitative estimate of drug-likeness (QED) is 0.569. The molecule has 0 amide bonds. The first-order chi connectivity index (χ1) is 5.29. The van der Waals surface area contributed by atoms with Gasteiger partial charge in [0.25, 0.3) is 0 Å². The van der Waals surface area contributed by atoms with Crippen molar-refractivity contribution in [2.24, 2.45) is 0 Å². The Morgan fingerprint density at radius 1 is 1.25 bits per heavy atom. The Bertz CT molecular complexity index is 194. The summed E-state index contributed by atoms with van der Waals surface area (Å²) < 4.78 is 0. The van der Waals surface area contributed by atoms with E-state index in [-0.39, 0.29) is 5.48 Å². The summed E-state index contributed by atoms with van der Waals surface area (Å²) in [5.74, 6) is 1.40. The highest BCUT2D eigenvalue weighted by molar-refractivity contribution is 8.06. The van der Waals surface area contributed by atoms with Crippen LogP contribution < -0.4 is 0 Å². The molecule has 0 bridgehead atoms. The van der Waals surface area contributed by atoms with Crippen molar-refractivity contribution in [3.8, 4) is 0 Å². The molecule has 0 spiro atoms. The van der Waals surface area contributed by atoms with E-state index in [1.165, 1.54) is 11.3 Å². The van der Waals surface area contributed by atoms with Gasteiger partial charge >= 0.3 is 0 Å². The molecule has 1 atom stereocenters. The van der Waals surface area contributed by atoms with Gasteiger partial charge in [-0.15, -0.1) is 0 Å². The molecule has 1 aliphatic heterocycles. The maximum atomic E-state index is 2.24. The minimum atomic E-state index is 0. The van der Waals surface area contributed by atoms with Crippen LogP contribution in [0.5, 0.6) is 0 Å². The Labute approximate surface area is 78.5 Å². The summed E-state index contributed by atoms with van der Waals surface area (Å²) in [7, 11) is 0. The number of hydrogen-bond acceptors (Lipinski definition) is 1. The molecule has 0 saturated carbocycles. The second-order valence-corrected chi connectivity index (χ2v) is 4.27. The molecule has 2 heteroatoms. The summed E-state index contributed by atoms with van der Waals surface area (Å²) in [5, 5.41) is 1.000. The molecule has 1 saturated heterocycles. The number of benzene rings is 1. The normalized spacial score (nSPS) is 18.3. The largest absolute Gasteiger partial charge is 0.412 e. The lowest BCUT2D eigenvalue weighted by molar-refractivity contribution is 0.824. The van der Waals surface area contributed by atoms with E-state index in [1.54, 1.807) is 0 Å². The zero-order valence-electron chi connectivity index (χ0n) is 7.58. The van der Waals surface area contributed by atoms with Crippen molar-refractivity contribution >= 4 is 11.8 Å². The first-order valence-electron chi connectivity index (χ1n) is 3.92. The van der Waals surface area contributed by atoms with Crippen LogP contribution in [0.3, 0.4) is 0 Å². The molecule has 1 nitrogen and oxygen atoms in total. The molecule has 1 aromatic rings. The molecule has 1 heterocycles. The lowest BCUT2D eigenvalue weighted by Gasteiger charge is -1.82. The minimum Gasteiger partial charge on any atom is -0.412 e. The van der Waals surface area contributed by atoms with Crippen molar-refractivity contribution in [1.82, 2.24) is 0 Å². The second kappa shape index (κ2) is 6.09. The molecule has 1 aromatic carbocycles. The molecule has 1 unspecified atom stereocenters. The predicted octanol–water partition coefficient (Wildman–Crippen LogP) is 2.29. The van der Waals surface area contributed by atoms with Crippen molar-refractivity contribution in [1.29, 1.82) is 0 Å². The fraction of sp³-hybridized carbons (Fsp3) is 0.400. The van der Waals surface area contributed by atoms with Gasteiger partial charge in [-0.3, -0.25) is 0 Å². The van der Waals surface area contributed by atoms with Gasteiger partial charge in [0.05, 0.1) is 0 Å². The highest BCUT2D eigenvalue weighted by Gasteiger charge is 2.13. The summed E-state index contributed by atoms with van der Waals surface area (Å²) in [5.41, 5.74) is 1.32. The van der Waals surface area contributed by atoms with Crippen LogP contribution in [0.2, 0.25) is 0 Å². The Hall–Kier alpha value is -0.470. The molecular weight excluding hydrogens is 168 g/mol. The zero-order valence-corrected chi connectivity index (χ0v) is 8.40. The van der Waals surface area contributed by atoms with E-state index in [1.807, 2.05) is 30.0 Å². The Morgan fingerprint density at radius 2 is 1.67 bits per heavy atom. The molecule has 1 aliphatic rings. The Kier molecular flexibility index (Phi) is 5.85. The first kappa shape index (κ1) is 11.5. The summed E-state index contributed by atoms with van der Waals surface area (Å²) in [6.07, 6.45) is 0. The molecule has 2 rings (SSSR count). The van der Waals surface area contributed by atoms with Gasteiger partial charge in [-0.05, 0) is 6.92 Å². The number of aryl methyl sites for hydroxylation is 1. The van der Waals surface area contributed by atoms with Crippen molar-refractivity contribution in [2.45, 2.75) is 19.1 Å². The highest BCUT2D eigenvalue weighted by Crippen LogP contribution is 2.28. The molecule has 0 aromatic heterocycles. The lowest BCUT2D eigenvalue weighted by atomic mass is 10.2. The van der Waals surface area contributed by atoms with E-state index in [0.717, 1.165) is 5.25 Å². The van der Waals surface area contributed by atoms with Gasteiger partial charge in [0.2, 0.25) is 0 Å². The van der Waals surface area contributed by atoms with Crippen molar-refractivity contribution in [2.75, 3.05) is 5.75 Å². The van der Waals surface area contributed by atoms with Crippen LogP contribution in [-0.4, -0.2) is 16.5 Å². The molecule has 12 heavy (non-hydrogen) atoms. The van der Waals surface area contributed by atoms with E-state index >= 15 is 0 Å². The van der Waals surface area contributed by atoms with E-state index in [2.05, 4.69) is 26.0 Å². The molecule has 0 radical (unpaired) electrons. The average Bonchev–Trinajstić information content (AvgIpc) is 2.75. The van der Waals surface area contributed by atoms with E-state index in [4.69, 9.17) is 0 Å². The van der Waals surface area contributed by atoms with Crippen molar-refractivity contribution in [3.05, 3.63) is 35.9 Å². The van der Waals surface area contributed by atoms with Gasteiger partial charge in [-0.1, -0.05) is 42.8 Å². The van der Waals surface area contributed by atoms with Crippen LogP contribution in [-0.2, 0) is 0 Å². The summed E-state index contributed by atoms with van der Waals surface area (Å²) in [6, 6.07) is 10.3. The number of hydrogen-bond donors (Lipinski definition) is 0. The molecule has 68 valence electrons. The van der Waals surface area contributed by atoms with Crippen LogP contribution in [0.1, 0.15) is 12.5 Å². The monoisotopic (exact) mass is 184 g/mol. The van der Waals surface area contributed by atoms with Gasteiger partial charge in [-0.25, -0.2) is 0 Å². The molecule has 0 aliphatic carbocycles. The van der Waals surface area contributed by atoms with Gasteiger partial charge in [0, 0.05) is 11.0 Å². The SMILES string of the molecule is CC1CS1.Cc1ccccc1.O. The third-order valence-corrected chi connectivity index (χ3v) is 2.44. The highest BCUT2D eigenvalue weighted by atomic mass is 32.2. The third kappa shape index (κ3) is 6.25. The molecular formula is C10H16OS. The number of rotatable bonds is 0. The topological polar surface area (TPSA) is 31.5 Å². The second-order valence-electron chi connectivity index (χ2n) is 2.80. The fourth-order valence-corrected chi connectivity index (χ4v) is 0.823. The lowest BCUT2D eigenvalue weighted by Crippen LogP contribution is -1.62. The van der Waals surface area contributed by atoms with Gasteiger partial charge in [0.1, 0.15) is 0 Å². The smallest absolute Gasteiger partial charge is 0.0110 e. The summed E-state index contributed by atoms with van der Waals surface area (Å²) >= 11 is 2.02. The van der Waals surface area contributed by atoms with Crippen LogP contribution in [0.25, 0.3) is 0 Å². The molecule has 2 N–H and O–H groups in total. The van der Waals surface area contributed by atoms with E-state index in [9.17, 15) is 0 Å². The van der Waals surface area contributed by atoms with Gasteiger partial charge < -0.3 is 5.48 Å². The standard InChI is InChI=1S/C7H8.C3H6S.H2O/c1-7-5-3-2-4-6-7;1-3-2-4-3;/h2-6H,1H3;3H,2H2,1H3;1H2. The Morgan fingerprint density at radius 3 is 1.83 bits per heavy atom. The van der Waals surface area contributed by atoms with Crippen LogP contribution in [0.4, 0.5) is 0 Å². The molecule has 1 fully saturated rings. The van der Waals surface area contributed by atoms with Gasteiger partial charge in [0.15, 0.2) is 0 Å². The van der Waals surface area contributed by atoms with E-state index in [0.29, 0.717) is 0 Å². The van der Waals surface area contributed by atoms with E-state index < -0.39 is 0 Å². The average molecular weight is 184 g/mol. The zero-order chi connectivity index (χ0) is 8.10. The van der Waals surface area contributed by atoms with Crippen LogP contribution >= 0.6 is 11.8 Å². The van der Waals surface area contributed by atoms with Crippen LogP contribution in [0, 0.1) is 6.92 Å². The predicted molar refractivity (Wildman–Crippen MR) is 56.7 cm³/mol. The maximum absolute atomic E-state index is 2.24. The first-order valence-corrected chi connectivity index (χ1v) is 4.97. The maximum Gasteiger partial charge on any atom is 0.0110 e. The number of thioether (sulfide) groups is 1. The van der Waals surface area contributed by atoms with Crippen molar-refractivity contribution < 1.29 is 5.48 Å². The van der Waals surface area contributed by atoms with Gasteiger partial charge in [-0.2, -0.15) is 11.8 Å².